The van der Waals surface area contributed by atoms with Gasteiger partial charge in [-0.1, -0.05) is 25.8 Å². The maximum Gasteiger partial charge on any atom is 0.392 e. The van der Waals surface area contributed by atoms with Crippen LogP contribution in [-0.4, -0.2) is 24.2 Å². The minimum atomic E-state index is -4.11. The number of hydrogen-bond donors (Lipinski definition) is 1. The molecule has 2 nitrogen and oxygen atoms in total. The van der Waals surface area contributed by atoms with Gasteiger partial charge in [-0.2, -0.15) is 13.2 Å². The Labute approximate surface area is 124 Å². The second kappa shape index (κ2) is 6.77. The zero-order chi connectivity index (χ0) is 15.5. The summed E-state index contributed by atoms with van der Waals surface area (Å²) in [4.78, 5) is 4.31. The third-order valence-corrected chi connectivity index (χ3v) is 4.73. The zero-order valence-corrected chi connectivity index (χ0v) is 12.5. The van der Waals surface area contributed by atoms with Crippen LogP contribution < -0.4 is 5.32 Å². The van der Waals surface area contributed by atoms with Crippen LogP contribution in [0.25, 0.3) is 0 Å². The monoisotopic (exact) mass is 300 g/mol. The molecule has 2 rings (SSSR count). The number of nitrogens with one attached hydrogen (secondary N) is 1. The maximum atomic E-state index is 13.3. The van der Waals surface area contributed by atoms with E-state index < -0.39 is 12.1 Å². The molecule has 0 amide bonds. The molecule has 1 saturated carbocycles. The zero-order valence-electron chi connectivity index (χ0n) is 12.5. The van der Waals surface area contributed by atoms with E-state index in [0.717, 1.165) is 12.1 Å². The summed E-state index contributed by atoms with van der Waals surface area (Å²) in [5.74, 6) is -1.61. The van der Waals surface area contributed by atoms with Crippen LogP contribution in [-0.2, 0) is 0 Å². The van der Waals surface area contributed by atoms with Crippen molar-refractivity contribution in [1.29, 1.82) is 0 Å². The van der Waals surface area contributed by atoms with Gasteiger partial charge in [-0.25, -0.2) is 0 Å². The van der Waals surface area contributed by atoms with Crippen LogP contribution in [0, 0.1) is 11.8 Å². The minimum Gasteiger partial charge on any atom is -0.316 e. The Morgan fingerprint density at radius 2 is 1.95 bits per heavy atom. The van der Waals surface area contributed by atoms with Gasteiger partial charge in [0.2, 0.25) is 0 Å². The van der Waals surface area contributed by atoms with E-state index in [0.29, 0.717) is 12.8 Å². The fourth-order valence-electron chi connectivity index (χ4n) is 3.66. The van der Waals surface area contributed by atoms with Crippen molar-refractivity contribution < 1.29 is 13.2 Å². The number of hydrogen-bond acceptors (Lipinski definition) is 2. The topological polar surface area (TPSA) is 24.9 Å². The molecule has 4 atom stereocenters. The lowest BCUT2D eigenvalue weighted by atomic mass is 9.71. The van der Waals surface area contributed by atoms with Crippen LogP contribution in [0.1, 0.15) is 44.2 Å². The summed E-state index contributed by atoms with van der Waals surface area (Å²) in [7, 11) is 1.76. The van der Waals surface area contributed by atoms with Crippen molar-refractivity contribution in [3.05, 3.63) is 30.1 Å². The second-order valence-corrected chi connectivity index (χ2v) is 5.95. The number of likely N-dealkylation sites (N-methyl/N-ethyl adjacent to an activating group) is 1. The van der Waals surface area contributed by atoms with E-state index in [1.807, 2.05) is 25.1 Å². The van der Waals surface area contributed by atoms with Crippen LogP contribution in [0.3, 0.4) is 0 Å². The van der Waals surface area contributed by atoms with Crippen molar-refractivity contribution in [1.82, 2.24) is 10.3 Å². The first-order valence-corrected chi connectivity index (χ1v) is 7.60. The summed E-state index contributed by atoms with van der Waals surface area (Å²) in [6.07, 6.45) is 0.0261. The molecular weight excluding hydrogens is 277 g/mol. The molecule has 0 aliphatic heterocycles. The Morgan fingerprint density at radius 1 is 1.24 bits per heavy atom. The molecule has 118 valence electrons. The molecule has 1 N–H and O–H groups in total. The van der Waals surface area contributed by atoms with Gasteiger partial charge in [0.25, 0.3) is 0 Å². The van der Waals surface area contributed by atoms with E-state index in [1.54, 1.807) is 13.2 Å². The predicted octanol–water partition coefficient (Wildman–Crippen LogP) is 4.14. The lowest BCUT2D eigenvalue weighted by Gasteiger charge is -2.40. The second-order valence-electron chi connectivity index (χ2n) is 5.95. The number of halogens is 3. The molecule has 0 saturated heterocycles. The average Bonchev–Trinajstić information content (AvgIpc) is 2.48. The lowest BCUT2D eigenvalue weighted by molar-refractivity contribution is -0.199. The smallest absolute Gasteiger partial charge is 0.316 e. The molecule has 0 bridgehead atoms. The van der Waals surface area contributed by atoms with E-state index in [4.69, 9.17) is 0 Å². The van der Waals surface area contributed by atoms with Crippen molar-refractivity contribution in [2.45, 2.75) is 50.7 Å². The van der Waals surface area contributed by atoms with Gasteiger partial charge < -0.3 is 5.32 Å². The Balaban J connectivity index is 2.22. The van der Waals surface area contributed by atoms with Gasteiger partial charge in [0.1, 0.15) is 0 Å². The highest BCUT2D eigenvalue weighted by Gasteiger charge is 2.48. The van der Waals surface area contributed by atoms with Gasteiger partial charge in [0, 0.05) is 23.9 Å². The number of aromatic nitrogens is 1. The highest BCUT2D eigenvalue weighted by atomic mass is 19.4. The Hall–Kier alpha value is -1.10. The number of pyridine rings is 1. The molecule has 1 aliphatic carbocycles. The summed E-state index contributed by atoms with van der Waals surface area (Å²) in [6.45, 7) is 1.96. The molecule has 0 radical (unpaired) electrons. The van der Waals surface area contributed by atoms with E-state index in [9.17, 15) is 13.2 Å². The van der Waals surface area contributed by atoms with Crippen LogP contribution in [0.2, 0.25) is 0 Å². The molecule has 1 fully saturated rings. The first-order chi connectivity index (χ1) is 9.95. The van der Waals surface area contributed by atoms with Crippen LogP contribution >= 0.6 is 0 Å². The van der Waals surface area contributed by atoms with Gasteiger partial charge in [-0.15, -0.1) is 0 Å². The average molecular weight is 300 g/mol. The first-order valence-electron chi connectivity index (χ1n) is 7.60. The third-order valence-electron chi connectivity index (χ3n) is 4.73. The van der Waals surface area contributed by atoms with Crippen molar-refractivity contribution in [2.24, 2.45) is 11.8 Å². The SMILES string of the molecule is CNC(C(C)c1ccccn1)C1CCCCC1C(F)(F)F. The molecule has 0 aromatic carbocycles. The highest BCUT2D eigenvalue weighted by molar-refractivity contribution is 5.12. The fraction of sp³-hybridized carbons (Fsp3) is 0.688. The van der Waals surface area contributed by atoms with Crippen molar-refractivity contribution >= 4 is 0 Å². The molecule has 1 aromatic heterocycles. The van der Waals surface area contributed by atoms with Gasteiger partial charge >= 0.3 is 6.18 Å². The summed E-state index contributed by atoms with van der Waals surface area (Å²) < 4.78 is 39.9. The van der Waals surface area contributed by atoms with Gasteiger partial charge in [-0.05, 0) is 37.9 Å². The Morgan fingerprint density at radius 3 is 2.52 bits per heavy atom. The summed E-state index contributed by atoms with van der Waals surface area (Å²) in [5, 5.41) is 3.13. The predicted molar refractivity (Wildman–Crippen MR) is 77.0 cm³/mol. The Bertz CT molecular complexity index is 433. The maximum absolute atomic E-state index is 13.3. The van der Waals surface area contributed by atoms with Gasteiger partial charge in [0.05, 0.1) is 5.92 Å². The van der Waals surface area contributed by atoms with Gasteiger partial charge in [-0.3, -0.25) is 4.98 Å². The standard InChI is InChI=1S/C16H23F3N2/c1-11(14-9-5-6-10-21-14)15(20-2)12-7-3-4-8-13(12)16(17,18)19/h5-6,9-13,15,20H,3-4,7-8H2,1-2H3. The molecule has 21 heavy (non-hydrogen) atoms. The van der Waals surface area contributed by atoms with Crippen LogP contribution in [0.4, 0.5) is 13.2 Å². The molecule has 4 unspecified atom stereocenters. The van der Waals surface area contributed by atoms with Crippen molar-refractivity contribution in [2.75, 3.05) is 7.05 Å². The van der Waals surface area contributed by atoms with E-state index >= 15 is 0 Å². The third kappa shape index (κ3) is 3.76. The van der Waals surface area contributed by atoms with Crippen molar-refractivity contribution in [3.63, 3.8) is 0 Å². The van der Waals surface area contributed by atoms with Crippen LogP contribution in [0.15, 0.2) is 24.4 Å². The minimum absolute atomic E-state index is 0.0378. The lowest BCUT2D eigenvalue weighted by Crippen LogP contribution is -2.47. The quantitative estimate of drug-likeness (QED) is 0.904. The Kier molecular flexibility index (Phi) is 5.25. The molecule has 1 aromatic rings. The van der Waals surface area contributed by atoms with Crippen molar-refractivity contribution in [3.8, 4) is 0 Å². The number of rotatable bonds is 4. The normalized spacial score (nSPS) is 26.3. The molecule has 1 heterocycles. The van der Waals surface area contributed by atoms with E-state index in [1.165, 1.54) is 0 Å². The van der Waals surface area contributed by atoms with Crippen LogP contribution in [0.5, 0.6) is 0 Å². The van der Waals surface area contributed by atoms with E-state index in [2.05, 4.69) is 10.3 Å². The number of nitrogens with zero attached hydrogens (tertiary/aromatic N) is 1. The summed E-state index contributed by atoms with van der Waals surface area (Å²) >= 11 is 0. The number of alkyl halides is 3. The molecular formula is C16H23F3N2. The summed E-state index contributed by atoms with van der Waals surface area (Å²) in [5.41, 5.74) is 0.850. The molecule has 5 heteroatoms. The summed E-state index contributed by atoms with van der Waals surface area (Å²) in [6, 6.07) is 5.39. The van der Waals surface area contributed by atoms with Gasteiger partial charge in [0.15, 0.2) is 0 Å². The molecule has 0 spiro atoms. The molecule has 1 aliphatic rings. The fourth-order valence-corrected chi connectivity index (χ4v) is 3.66. The highest BCUT2D eigenvalue weighted by Crippen LogP contribution is 2.44. The largest absolute Gasteiger partial charge is 0.392 e. The van der Waals surface area contributed by atoms with E-state index in [-0.39, 0.29) is 24.3 Å². The first kappa shape index (κ1) is 16.3.